The van der Waals surface area contributed by atoms with E-state index in [9.17, 15) is 14.7 Å². The standard InChI is InChI=1S/C17H23NO4/c1-11-6-4-7-12(2)18(11)16(20)13(3)22-17(21)14-8-5-9-15(19)10-14/h5,8-13,19H,4,6-7H2,1-3H3/t11-,12+,13-/m1/s1. The Bertz CT molecular complexity index is 547. The van der Waals surface area contributed by atoms with Crippen molar-refractivity contribution in [2.75, 3.05) is 0 Å². The van der Waals surface area contributed by atoms with E-state index in [0.29, 0.717) is 0 Å². The van der Waals surface area contributed by atoms with Crippen LogP contribution in [0.15, 0.2) is 24.3 Å². The van der Waals surface area contributed by atoms with Gasteiger partial charge in [0.2, 0.25) is 0 Å². The number of carbonyl (C=O) groups is 2. The van der Waals surface area contributed by atoms with Gasteiger partial charge in [0.25, 0.3) is 5.91 Å². The Morgan fingerprint density at radius 3 is 2.50 bits per heavy atom. The van der Waals surface area contributed by atoms with E-state index in [1.54, 1.807) is 19.1 Å². The zero-order valence-electron chi connectivity index (χ0n) is 13.3. The number of likely N-dealkylation sites (tertiary alicyclic amines) is 1. The average Bonchev–Trinajstić information content (AvgIpc) is 2.46. The van der Waals surface area contributed by atoms with Crippen molar-refractivity contribution in [3.8, 4) is 5.75 Å². The summed E-state index contributed by atoms with van der Waals surface area (Å²) < 4.78 is 5.26. The molecule has 0 radical (unpaired) electrons. The molecule has 0 aromatic heterocycles. The second-order valence-electron chi connectivity index (χ2n) is 5.97. The van der Waals surface area contributed by atoms with Crippen LogP contribution in [0, 0.1) is 0 Å². The van der Waals surface area contributed by atoms with Crippen LogP contribution in [0.4, 0.5) is 0 Å². The number of ether oxygens (including phenoxy) is 1. The molecule has 0 unspecified atom stereocenters. The van der Waals surface area contributed by atoms with Gasteiger partial charge in [0.15, 0.2) is 6.10 Å². The van der Waals surface area contributed by atoms with Crippen LogP contribution in [0.1, 0.15) is 50.4 Å². The monoisotopic (exact) mass is 305 g/mol. The fourth-order valence-electron chi connectivity index (χ4n) is 2.98. The van der Waals surface area contributed by atoms with E-state index >= 15 is 0 Å². The van der Waals surface area contributed by atoms with Gasteiger partial charge in [-0.2, -0.15) is 0 Å². The number of carbonyl (C=O) groups excluding carboxylic acids is 2. The van der Waals surface area contributed by atoms with Crippen molar-refractivity contribution in [3.05, 3.63) is 29.8 Å². The number of piperidine rings is 1. The Morgan fingerprint density at radius 1 is 1.27 bits per heavy atom. The SMILES string of the molecule is C[C@@H]1CCC[C@H](C)N1C(=O)[C@@H](C)OC(=O)c1cccc(O)c1. The maximum Gasteiger partial charge on any atom is 0.339 e. The van der Waals surface area contributed by atoms with Gasteiger partial charge in [0.05, 0.1) is 5.56 Å². The first-order valence-corrected chi connectivity index (χ1v) is 7.72. The maximum atomic E-state index is 12.6. The first kappa shape index (κ1) is 16.3. The minimum absolute atomic E-state index is 0.00768. The molecule has 5 nitrogen and oxygen atoms in total. The molecule has 1 fully saturated rings. The summed E-state index contributed by atoms with van der Waals surface area (Å²) in [5, 5.41) is 9.40. The van der Waals surface area contributed by atoms with Crippen LogP contribution in [-0.2, 0) is 9.53 Å². The predicted octanol–water partition coefficient (Wildman–Crippen LogP) is 2.73. The molecular formula is C17H23NO4. The third kappa shape index (κ3) is 3.59. The number of aromatic hydroxyl groups is 1. The number of phenols is 1. The lowest BCUT2D eigenvalue weighted by atomic mass is 9.97. The molecule has 0 aliphatic carbocycles. The molecule has 1 saturated heterocycles. The van der Waals surface area contributed by atoms with Crippen LogP contribution in [-0.4, -0.2) is 40.1 Å². The summed E-state index contributed by atoms with van der Waals surface area (Å²) in [6.45, 7) is 5.64. The van der Waals surface area contributed by atoms with Crippen LogP contribution in [0.5, 0.6) is 5.75 Å². The summed E-state index contributed by atoms with van der Waals surface area (Å²) in [6.07, 6.45) is 2.23. The second kappa shape index (κ2) is 6.81. The van der Waals surface area contributed by atoms with Gasteiger partial charge in [-0.25, -0.2) is 4.79 Å². The highest BCUT2D eigenvalue weighted by Gasteiger charge is 2.33. The number of rotatable bonds is 3. The number of hydrogen-bond donors (Lipinski definition) is 1. The lowest BCUT2D eigenvalue weighted by Crippen LogP contribution is -2.51. The summed E-state index contributed by atoms with van der Waals surface area (Å²) in [6, 6.07) is 6.24. The Balaban J connectivity index is 2.03. The summed E-state index contributed by atoms with van der Waals surface area (Å²) in [7, 11) is 0. The van der Waals surface area contributed by atoms with Gasteiger partial charge in [-0.1, -0.05) is 6.07 Å². The van der Waals surface area contributed by atoms with E-state index in [4.69, 9.17) is 4.74 Å². The Labute approximate surface area is 130 Å². The minimum Gasteiger partial charge on any atom is -0.508 e. The largest absolute Gasteiger partial charge is 0.508 e. The lowest BCUT2D eigenvalue weighted by molar-refractivity contribution is -0.146. The molecule has 2 rings (SSSR count). The van der Waals surface area contributed by atoms with Crippen LogP contribution in [0.3, 0.4) is 0 Å². The molecule has 0 spiro atoms. The number of amides is 1. The molecule has 1 amide bonds. The third-order valence-electron chi connectivity index (χ3n) is 4.16. The fraction of sp³-hybridized carbons (Fsp3) is 0.529. The van der Waals surface area contributed by atoms with Gasteiger partial charge in [-0.3, -0.25) is 4.79 Å². The van der Waals surface area contributed by atoms with Crippen LogP contribution < -0.4 is 0 Å². The molecule has 120 valence electrons. The van der Waals surface area contributed by atoms with Gasteiger partial charge in [-0.15, -0.1) is 0 Å². The van der Waals surface area contributed by atoms with Gasteiger partial charge >= 0.3 is 5.97 Å². The third-order valence-corrected chi connectivity index (χ3v) is 4.16. The molecule has 1 aliphatic heterocycles. The molecular weight excluding hydrogens is 282 g/mol. The Kier molecular flexibility index (Phi) is 5.06. The topological polar surface area (TPSA) is 66.8 Å². The summed E-state index contributed by atoms with van der Waals surface area (Å²) >= 11 is 0. The number of esters is 1. The first-order valence-electron chi connectivity index (χ1n) is 7.72. The quantitative estimate of drug-likeness (QED) is 0.872. The van der Waals surface area contributed by atoms with Gasteiger partial charge in [-0.05, 0) is 58.2 Å². The minimum atomic E-state index is -0.835. The van der Waals surface area contributed by atoms with Crippen LogP contribution in [0.2, 0.25) is 0 Å². The zero-order chi connectivity index (χ0) is 16.3. The number of nitrogens with zero attached hydrogens (tertiary/aromatic N) is 1. The number of phenolic OH excluding ortho intramolecular Hbond substituents is 1. The molecule has 1 aliphatic rings. The lowest BCUT2D eigenvalue weighted by Gasteiger charge is -2.40. The highest BCUT2D eigenvalue weighted by Crippen LogP contribution is 2.24. The highest BCUT2D eigenvalue weighted by atomic mass is 16.5. The highest BCUT2D eigenvalue weighted by molar-refractivity contribution is 5.92. The van der Waals surface area contributed by atoms with Crippen molar-refractivity contribution in [2.45, 2.75) is 58.2 Å². The fourth-order valence-corrected chi connectivity index (χ4v) is 2.98. The molecule has 22 heavy (non-hydrogen) atoms. The summed E-state index contributed by atoms with van der Waals surface area (Å²) in [5.41, 5.74) is 0.236. The van der Waals surface area contributed by atoms with Crippen LogP contribution in [0.25, 0.3) is 0 Å². The molecule has 0 saturated carbocycles. The van der Waals surface area contributed by atoms with E-state index in [-0.39, 0.29) is 29.3 Å². The van der Waals surface area contributed by atoms with Crippen molar-refractivity contribution in [3.63, 3.8) is 0 Å². The molecule has 1 N–H and O–H groups in total. The van der Waals surface area contributed by atoms with E-state index < -0.39 is 12.1 Å². The normalized spacial score (nSPS) is 23.0. The molecule has 0 bridgehead atoms. The average molecular weight is 305 g/mol. The van der Waals surface area contributed by atoms with Crippen molar-refractivity contribution in [1.29, 1.82) is 0 Å². The zero-order valence-corrected chi connectivity index (χ0v) is 13.3. The predicted molar refractivity (Wildman–Crippen MR) is 82.6 cm³/mol. The second-order valence-corrected chi connectivity index (χ2v) is 5.97. The van der Waals surface area contributed by atoms with Crippen molar-refractivity contribution in [2.24, 2.45) is 0 Å². The Morgan fingerprint density at radius 2 is 1.91 bits per heavy atom. The molecule has 1 heterocycles. The van der Waals surface area contributed by atoms with E-state index in [1.165, 1.54) is 12.1 Å². The van der Waals surface area contributed by atoms with Crippen molar-refractivity contribution in [1.82, 2.24) is 4.90 Å². The molecule has 1 aromatic rings. The molecule has 3 atom stereocenters. The number of hydrogen-bond acceptors (Lipinski definition) is 4. The van der Waals surface area contributed by atoms with Gasteiger partial charge < -0.3 is 14.7 Å². The van der Waals surface area contributed by atoms with E-state index in [2.05, 4.69) is 0 Å². The van der Waals surface area contributed by atoms with E-state index in [0.717, 1.165) is 19.3 Å². The van der Waals surface area contributed by atoms with Gasteiger partial charge in [0.1, 0.15) is 5.75 Å². The Hall–Kier alpha value is -2.04. The van der Waals surface area contributed by atoms with Crippen LogP contribution >= 0.6 is 0 Å². The number of benzene rings is 1. The summed E-state index contributed by atoms with van der Waals surface area (Å²) in [4.78, 5) is 26.4. The van der Waals surface area contributed by atoms with Crippen molar-refractivity contribution < 1.29 is 19.4 Å². The molecule has 1 aromatic carbocycles. The van der Waals surface area contributed by atoms with Gasteiger partial charge in [0, 0.05) is 12.1 Å². The smallest absolute Gasteiger partial charge is 0.339 e. The van der Waals surface area contributed by atoms with E-state index in [1.807, 2.05) is 18.7 Å². The van der Waals surface area contributed by atoms with Crippen molar-refractivity contribution >= 4 is 11.9 Å². The maximum absolute atomic E-state index is 12.6. The summed E-state index contributed by atoms with van der Waals surface area (Å²) in [5.74, 6) is -0.769. The first-order chi connectivity index (χ1) is 10.4. The molecule has 5 heteroatoms.